The summed E-state index contributed by atoms with van der Waals surface area (Å²) in [6, 6.07) is 3.27. The first-order chi connectivity index (χ1) is 9.53. The molecule has 0 aromatic carbocycles. The summed E-state index contributed by atoms with van der Waals surface area (Å²) >= 11 is 0. The molecule has 1 aromatic rings. The Morgan fingerprint density at radius 1 is 1.50 bits per heavy atom. The monoisotopic (exact) mass is 297 g/mol. The third-order valence-corrected chi connectivity index (χ3v) is 5.61. The molecule has 1 aliphatic rings. The van der Waals surface area contributed by atoms with Gasteiger partial charge >= 0.3 is 0 Å². The van der Waals surface area contributed by atoms with Crippen molar-refractivity contribution in [3.63, 3.8) is 0 Å². The number of hydrogen-bond donors (Lipinski definition) is 2. The Morgan fingerprint density at radius 2 is 2.30 bits per heavy atom. The number of carbonyl (C=O) groups is 1. The Kier molecular flexibility index (Phi) is 4.59. The maximum atomic E-state index is 12.0. The van der Waals surface area contributed by atoms with Crippen molar-refractivity contribution in [2.24, 2.45) is 0 Å². The number of carbonyl (C=O) groups excluding carboxylic acids is 1. The third kappa shape index (κ3) is 3.47. The highest BCUT2D eigenvalue weighted by atomic mass is 32.2. The fraction of sp³-hybridized carbons (Fsp3) is 0.538. The molecule has 110 valence electrons. The fourth-order valence-corrected chi connectivity index (χ4v) is 4.01. The second-order valence-corrected chi connectivity index (χ2v) is 7.20. The Morgan fingerprint density at radius 3 is 2.95 bits per heavy atom. The van der Waals surface area contributed by atoms with E-state index < -0.39 is 15.1 Å². The van der Waals surface area contributed by atoms with Crippen molar-refractivity contribution in [1.82, 2.24) is 10.3 Å². The minimum absolute atomic E-state index is 0.181. The average Bonchev–Trinajstić information content (AvgIpc) is 2.76. The van der Waals surface area contributed by atoms with Gasteiger partial charge in [-0.1, -0.05) is 0 Å². The quantitative estimate of drug-likeness (QED) is 0.840. The number of aromatic nitrogens is 1. The maximum Gasteiger partial charge on any atom is 0.251 e. The molecule has 2 heterocycles. The van der Waals surface area contributed by atoms with Crippen molar-refractivity contribution in [2.75, 3.05) is 24.2 Å². The topological polar surface area (TPSA) is 88.2 Å². The third-order valence-electron chi connectivity index (χ3n) is 3.33. The molecule has 2 rings (SSSR count). The summed E-state index contributed by atoms with van der Waals surface area (Å²) in [5.74, 6) is 0.593. The van der Waals surface area contributed by atoms with Crippen LogP contribution in [-0.4, -0.2) is 43.4 Å². The van der Waals surface area contributed by atoms with Gasteiger partial charge in [0.1, 0.15) is 5.82 Å². The number of nitrogens with one attached hydrogen (secondary N) is 2. The van der Waals surface area contributed by atoms with Crippen molar-refractivity contribution in [2.45, 2.75) is 25.0 Å². The first kappa shape index (κ1) is 14.8. The van der Waals surface area contributed by atoms with Crippen molar-refractivity contribution in [3.05, 3.63) is 23.9 Å². The fourth-order valence-electron chi connectivity index (χ4n) is 2.25. The van der Waals surface area contributed by atoms with Crippen LogP contribution in [0.1, 0.15) is 30.1 Å². The van der Waals surface area contributed by atoms with E-state index >= 15 is 0 Å². The van der Waals surface area contributed by atoms with Crippen LogP contribution in [0.3, 0.4) is 0 Å². The molecule has 2 N–H and O–H groups in total. The number of pyridine rings is 1. The van der Waals surface area contributed by atoms with E-state index in [2.05, 4.69) is 15.6 Å². The highest BCUT2D eigenvalue weighted by molar-refractivity contribution is 7.92. The van der Waals surface area contributed by atoms with E-state index in [1.54, 1.807) is 18.3 Å². The number of amides is 1. The van der Waals surface area contributed by atoms with Crippen molar-refractivity contribution >= 4 is 21.6 Å². The second-order valence-electron chi connectivity index (χ2n) is 4.80. The first-order valence-electron chi connectivity index (χ1n) is 6.72. The number of sulfone groups is 1. The highest BCUT2D eigenvalue weighted by Gasteiger charge is 2.31. The van der Waals surface area contributed by atoms with E-state index in [-0.39, 0.29) is 18.2 Å². The number of rotatable bonds is 5. The summed E-state index contributed by atoms with van der Waals surface area (Å²) < 4.78 is 23.4. The maximum absolute atomic E-state index is 12.0. The summed E-state index contributed by atoms with van der Waals surface area (Å²) in [4.78, 5) is 16.1. The van der Waals surface area contributed by atoms with Crippen LogP contribution in [0, 0.1) is 0 Å². The molecule has 1 aromatic heterocycles. The van der Waals surface area contributed by atoms with Gasteiger partial charge in [-0.05, 0) is 31.9 Å². The summed E-state index contributed by atoms with van der Waals surface area (Å²) in [6.07, 6.45) is 2.86. The molecule has 7 heteroatoms. The van der Waals surface area contributed by atoms with Gasteiger partial charge in [0, 0.05) is 24.8 Å². The van der Waals surface area contributed by atoms with Crippen molar-refractivity contribution in [1.29, 1.82) is 0 Å². The Balaban J connectivity index is 1.96. The second kappa shape index (κ2) is 6.21. The summed E-state index contributed by atoms with van der Waals surface area (Å²) in [5.41, 5.74) is 0.478. The van der Waals surface area contributed by atoms with E-state index in [0.717, 1.165) is 6.54 Å². The first-order valence-corrected chi connectivity index (χ1v) is 8.44. The highest BCUT2D eigenvalue weighted by Crippen LogP contribution is 2.19. The zero-order chi connectivity index (χ0) is 14.6. The van der Waals surface area contributed by atoms with Gasteiger partial charge in [-0.15, -0.1) is 0 Å². The van der Waals surface area contributed by atoms with E-state index in [1.165, 1.54) is 0 Å². The smallest absolute Gasteiger partial charge is 0.251 e. The van der Waals surface area contributed by atoms with E-state index in [9.17, 15) is 13.2 Å². The molecule has 1 saturated heterocycles. The van der Waals surface area contributed by atoms with Gasteiger partial charge in [-0.25, -0.2) is 13.4 Å². The minimum Gasteiger partial charge on any atom is -0.370 e. The van der Waals surface area contributed by atoms with Gasteiger partial charge in [0.2, 0.25) is 0 Å². The van der Waals surface area contributed by atoms with Crippen LogP contribution in [-0.2, 0) is 9.84 Å². The Hall–Kier alpha value is -1.63. The van der Waals surface area contributed by atoms with E-state index in [4.69, 9.17) is 0 Å². The minimum atomic E-state index is -3.02. The van der Waals surface area contributed by atoms with Gasteiger partial charge in [-0.3, -0.25) is 4.79 Å². The van der Waals surface area contributed by atoms with Gasteiger partial charge in [-0.2, -0.15) is 0 Å². The Labute approximate surface area is 118 Å². The van der Waals surface area contributed by atoms with Crippen molar-refractivity contribution in [3.8, 4) is 0 Å². The summed E-state index contributed by atoms with van der Waals surface area (Å²) in [7, 11) is -3.02. The molecule has 0 aliphatic carbocycles. The molecule has 0 spiro atoms. The van der Waals surface area contributed by atoms with Crippen LogP contribution in [0.4, 0.5) is 5.82 Å². The molecule has 6 nitrogen and oxygen atoms in total. The molecule has 1 unspecified atom stereocenters. The molecule has 0 bridgehead atoms. The van der Waals surface area contributed by atoms with Gasteiger partial charge in [0.15, 0.2) is 9.84 Å². The largest absolute Gasteiger partial charge is 0.370 e. The van der Waals surface area contributed by atoms with E-state index in [1.807, 2.05) is 6.92 Å². The zero-order valence-electron chi connectivity index (χ0n) is 11.4. The Bertz CT molecular complexity index is 586. The normalized spacial score (nSPS) is 20.6. The predicted molar refractivity (Wildman–Crippen MR) is 77.5 cm³/mol. The summed E-state index contributed by atoms with van der Waals surface area (Å²) in [5, 5.41) is 5.28. The molecule has 20 heavy (non-hydrogen) atoms. The molecular formula is C13H19N3O3S. The SMILES string of the molecule is CCNc1cc(C(=O)NCC2CCCS2(=O)=O)ccn1. The molecule has 1 atom stereocenters. The van der Waals surface area contributed by atoms with Crippen molar-refractivity contribution < 1.29 is 13.2 Å². The summed E-state index contributed by atoms with van der Waals surface area (Å²) in [6.45, 7) is 2.85. The van der Waals surface area contributed by atoms with E-state index in [0.29, 0.717) is 24.2 Å². The lowest BCUT2D eigenvalue weighted by molar-refractivity contribution is 0.0953. The lowest BCUT2D eigenvalue weighted by Crippen LogP contribution is -2.34. The molecule has 0 radical (unpaired) electrons. The van der Waals surface area contributed by atoms with Crippen LogP contribution in [0.5, 0.6) is 0 Å². The number of hydrogen-bond acceptors (Lipinski definition) is 5. The molecule has 0 saturated carbocycles. The molecular weight excluding hydrogens is 278 g/mol. The lowest BCUT2D eigenvalue weighted by Gasteiger charge is -2.11. The van der Waals surface area contributed by atoms with Crippen LogP contribution < -0.4 is 10.6 Å². The predicted octanol–water partition coefficient (Wildman–Crippen LogP) is 0.820. The van der Waals surface area contributed by atoms with Crippen LogP contribution >= 0.6 is 0 Å². The number of anilines is 1. The van der Waals surface area contributed by atoms with Crippen LogP contribution in [0.15, 0.2) is 18.3 Å². The number of nitrogens with zero attached hydrogens (tertiary/aromatic N) is 1. The van der Waals surface area contributed by atoms with Gasteiger partial charge < -0.3 is 10.6 Å². The standard InChI is InChI=1S/C13H19N3O3S/c1-2-14-12-8-10(5-6-15-12)13(17)16-9-11-4-3-7-20(11,18)19/h5-6,8,11H,2-4,7,9H2,1H3,(H,14,15)(H,16,17). The van der Waals surface area contributed by atoms with Gasteiger partial charge in [0.25, 0.3) is 5.91 Å². The average molecular weight is 297 g/mol. The molecule has 1 amide bonds. The van der Waals surface area contributed by atoms with Gasteiger partial charge in [0.05, 0.1) is 11.0 Å². The lowest BCUT2D eigenvalue weighted by atomic mass is 10.2. The van der Waals surface area contributed by atoms with Crippen LogP contribution in [0.25, 0.3) is 0 Å². The zero-order valence-corrected chi connectivity index (χ0v) is 12.2. The van der Waals surface area contributed by atoms with Crippen LogP contribution in [0.2, 0.25) is 0 Å². The molecule has 1 aliphatic heterocycles. The molecule has 1 fully saturated rings.